The average molecular weight is 448 g/mol. The molecule has 0 aliphatic heterocycles. The van der Waals surface area contributed by atoms with Gasteiger partial charge in [0.15, 0.2) is 5.13 Å². The molecule has 0 saturated carbocycles. The van der Waals surface area contributed by atoms with Gasteiger partial charge in [0.05, 0.1) is 22.5 Å². The molecule has 2 aromatic heterocycles. The van der Waals surface area contributed by atoms with Gasteiger partial charge in [0, 0.05) is 23.3 Å². The number of thiazole rings is 1. The summed E-state index contributed by atoms with van der Waals surface area (Å²) in [5, 5.41) is 0.736. The molecule has 4 rings (SSSR count). The Morgan fingerprint density at radius 3 is 2.58 bits per heavy atom. The van der Waals surface area contributed by atoms with Crippen molar-refractivity contribution in [3.8, 4) is 0 Å². The minimum Gasteiger partial charge on any atom is -0.282 e. The summed E-state index contributed by atoms with van der Waals surface area (Å²) < 4.78 is 1.11. The second-order valence-corrected chi connectivity index (χ2v) is 9.81. The van der Waals surface area contributed by atoms with E-state index in [-0.39, 0.29) is 5.91 Å². The number of carbonyl (C=O) groups excluding carboxylic acids is 1. The molecule has 0 bridgehead atoms. The van der Waals surface area contributed by atoms with Crippen LogP contribution in [0.3, 0.4) is 0 Å². The van der Waals surface area contributed by atoms with Crippen molar-refractivity contribution in [1.82, 2.24) is 9.97 Å². The highest BCUT2D eigenvalue weighted by Gasteiger charge is 2.21. The lowest BCUT2D eigenvalue weighted by molar-refractivity contribution is -0.118. The average Bonchev–Trinajstić information content (AvgIpc) is 3.18. The van der Waals surface area contributed by atoms with Gasteiger partial charge in [-0.05, 0) is 62.2 Å². The molecule has 1 amide bonds. The number of hydrogen-bond donors (Lipinski definition) is 0. The van der Waals surface area contributed by atoms with Gasteiger partial charge >= 0.3 is 0 Å². The molecule has 0 unspecified atom stereocenters. The number of amides is 1. The lowest BCUT2D eigenvalue weighted by atomic mass is 10.1. The molecule has 6 heteroatoms. The van der Waals surface area contributed by atoms with Crippen LogP contribution in [-0.2, 0) is 11.3 Å². The van der Waals surface area contributed by atoms with Crippen LogP contribution in [0.25, 0.3) is 10.2 Å². The molecule has 0 spiro atoms. The standard InChI is InChI=1S/C25H25N3OS2/c1-17-7-9-21(10-8-17)30-13-11-23(29)28(16-20-6-4-5-12-26-20)25-27-24-19(3)14-18(2)15-22(24)31-25/h4-10,12,14-15H,11,13,16H2,1-3H3. The van der Waals surface area contributed by atoms with E-state index in [9.17, 15) is 4.79 Å². The Labute approximate surface area is 191 Å². The summed E-state index contributed by atoms with van der Waals surface area (Å²) in [6, 6.07) is 18.5. The molecule has 0 atom stereocenters. The molecule has 31 heavy (non-hydrogen) atoms. The predicted octanol–water partition coefficient (Wildman–Crippen LogP) is 6.33. The number of fused-ring (bicyclic) bond motifs is 1. The van der Waals surface area contributed by atoms with E-state index in [0.717, 1.165) is 32.4 Å². The van der Waals surface area contributed by atoms with E-state index in [1.807, 2.05) is 18.2 Å². The van der Waals surface area contributed by atoms with E-state index in [0.29, 0.717) is 13.0 Å². The van der Waals surface area contributed by atoms with Crippen LogP contribution in [0.1, 0.15) is 28.8 Å². The van der Waals surface area contributed by atoms with E-state index >= 15 is 0 Å². The Hall–Kier alpha value is -2.70. The lowest BCUT2D eigenvalue weighted by Gasteiger charge is -2.19. The van der Waals surface area contributed by atoms with Crippen molar-refractivity contribution in [3.05, 3.63) is 83.2 Å². The quantitative estimate of drug-likeness (QED) is 0.311. The SMILES string of the molecule is Cc1ccc(SCCC(=O)N(Cc2ccccn2)c2nc3c(C)cc(C)cc3s2)cc1. The van der Waals surface area contributed by atoms with Gasteiger partial charge in [-0.2, -0.15) is 0 Å². The van der Waals surface area contributed by atoms with Crippen LogP contribution in [0.5, 0.6) is 0 Å². The van der Waals surface area contributed by atoms with Crippen molar-refractivity contribution in [2.75, 3.05) is 10.7 Å². The summed E-state index contributed by atoms with van der Waals surface area (Å²) in [6.07, 6.45) is 2.20. The topological polar surface area (TPSA) is 46.1 Å². The molecular weight excluding hydrogens is 422 g/mol. The number of rotatable bonds is 7. The molecule has 0 saturated heterocycles. The van der Waals surface area contributed by atoms with Crippen LogP contribution in [0.2, 0.25) is 0 Å². The third-order valence-electron chi connectivity index (χ3n) is 5.00. The first-order valence-electron chi connectivity index (χ1n) is 10.3. The van der Waals surface area contributed by atoms with Crippen molar-refractivity contribution in [2.45, 2.75) is 38.6 Å². The van der Waals surface area contributed by atoms with Gasteiger partial charge < -0.3 is 0 Å². The number of nitrogens with zero attached hydrogens (tertiary/aromatic N) is 3. The zero-order valence-corrected chi connectivity index (χ0v) is 19.6. The fourth-order valence-electron chi connectivity index (χ4n) is 3.42. The molecular formula is C25H25N3OS2. The van der Waals surface area contributed by atoms with E-state index in [1.54, 1.807) is 34.2 Å². The van der Waals surface area contributed by atoms with Gasteiger partial charge in [-0.3, -0.25) is 14.7 Å². The number of aromatic nitrogens is 2. The summed E-state index contributed by atoms with van der Waals surface area (Å²) >= 11 is 3.28. The smallest absolute Gasteiger partial charge is 0.229 e. The molecule has 2 aromatic carbocycles. The zero-order valence-electron chi connectivity index (χ0n) is 18.0. The van der Waals surface area contributed by atoms with E-state index in [4.69, 9.17) is 4.98 Å². The Bertz CT molecular complexity index is 1190. The maximum Gasteiger partial charge on any atom is 0.229 e. The highest BCUT2D eigenvalue weighted by atomic mass is 32.2. The van der Waals surface area contributed by atoms with E-state index in [2.05, 4.69) is 62.2 Å². The van der Waals surface area contributed by atoms with Crippen molar-refractivity contribution in [1.29, 1.82) is 0 Å². The summed E-state index contributed by atoms with van der Waals surface area (Å²) in [5.74, 6) is 0.794. The molecule has 0 aliphatic carbocycles. The maximum absolute atomic E-state index is 13.3. The van der Waals surface area contributed by atoms with Gasteiger partial charge in [-0.1, -0.05) is 41.2 Å². The van der Waals surface area contributed by atoms with Crippen molar-refractivity contribution < 1.29 is 4.79 Å². The molecule has 0 fully saturated rings. The Morgan fingerprint density at radius 1 is 1.03 bits per heavy atom. The van der Waals surface area contributed by atoms with Crippen LogP contribution in [0.15, 0.2) is 65.7 Å². The van der Waals surface area contributed by atoms with Crippen LogP contribution in [-0.4, -0.2) is 21.6 Å². The normalized spacial score (nSPS) is 11.1. The Morgan fingerprint density at radius 2 is 1.84 bits per heavy atom. The maximum atomic E-state index is 13.3. The second kappa shape index (κ2) is 9.62. The largest absolute Gasteiger partial charge is 0.282 e. The van der Waals surface area contributed by atoms with Crippen LogP contribution >= 0.6 is 23.1 Å². The summed E-state index contributed by atoms with van der Waals surface area (Å²) in [7, 11) is 0. The third-order valence-corrected chi connectivity index (χ3v) is 7.04. The third kappa shape index (κ3) is 5.32. The van der Waals surface area contributed by atoms with Crippen molar-refractivity contribution in [2.24, 2.45) is 0 Å². The van der Waals surface area contributed by atoms with Gasteiger partial charge in [-0.15, -0.1) is 11.8 Å². The zero-order chi connectivity index (χ0) is 21.8. The van der Waals surface area contributed by atoms with E-state index in [1.165, 1.54) is 16.0 Å². The Kier molecular flexibility index (Phi) is 6.68. The number of pyridine rings is 1. The second-order valence-electron chi connectivity index (χ2n) is 7.64. The molecule has 2 heterocycles. The van der Waals surface area contributed by atoms with Crippen molar-refractivity contribution >= 4 is 44.4 Å². The number of carbonyl (C=O) groups is 1. The number of thioether (sulfide) groups is 1. The summed E-state index contributed by atoms with van der Waals surface area (Å²) in [4.78, 5) is 25.5. The monoisotopic (exact) mass is 447 g/mol. The molecule has 0 N–H and O–H groups in total. The van der Waals surface area contributed by atoms with Gasteiger partial charge in [0.25, 0.3) is 0 Å². The van der Waals surface area contributed by atoms with E-state index < -0.39 is 0 Å². The van der Waals surface area contributed by atoms with Crippen LogP contribution in [0, 0.1) is 20.8 Å². The van der Waals surface area contributed by atoms with Gasteiger partial charge in [0.2, 0.25) is 5.91 Å². The first-order valence-corrected chi connectivity index (χ1v) is 12.1. The van der Waals surface area contributed by atoms with Gasteiger partial charge in [-0.25, -0.2) is 4.98 Å². The number of aryl methyl sites for hydroxylation is 3. The minimum absolute atomic E-state index is 0.0682. The minimum atomic E-state index is 0.0682. The molecule has 4 aromatic rings. The highest BCUT2D eigenvalue weighted by Crippen LogP contribution is 2.33. The summed E-state index contributed by atoms with van der Waals surface area (Å²) in [6.45, 7) is 6.66. The number of hydrogen-bond acceptors (Lipinski definition) is 5. The summed E-state index contributed by atoms with van der Waals surface area (Å²) in [5.41, 5.74) is 5.41. The number of benzene rings is 2. The van der Waals surface area contributed by atoms with Crippen molar-refractivity contribution in [3.63, 3.8) is 0 Å². The fraction of sp³-hybridized carbons (Fsp3) is 0.240. The fourth-order valence-corrected chi connectivity index (χ4v) is 5.42. The first kappa shape index (κ1) is 21.5. The lowest BCUT2D eigenvalue weighted by Crippen LogP contribution is -2.30. The molecule has 0 aliphatic rings. The van der Waals surface area contributed by atoms with Crippen LogP contribution < -0.4 is 4.90 Å². The first-order chi connectivity index (χ1) is 15.0. The van der Waals surface area contributed by atoms with Gasteiger partial charge in [0.1, 0.15) is 0 Å². The number of anilines is 1. The highest BCUT2D eigenvalue weighted by molar-refractivity contribution is 7.99. The Balaban J connectivity index is 1.55. The molecule has 158 valence electrons. The molecule has 4 nitrogen and oxygen atoms in total. The predicted molar refractivity (Wildman–Crippen MR) is 131 cm³/mol. The van der Waals surface area contributed by atoms with Crippen LogP contribution in [0.4, 0.5) is 5.13 Å². The molecule has 0 radical (unpaired) electrons.